The molecule has 4 nitrogen and oxygen atoms in total. The standard InChI is InChI=1S/C14H17ClFNO3S/c1-14(6-2-3-7-14)9-17-13(18)11-5-4-10(8-12(11)16)21(15,19)20/h4-5,8H,2-3,6-7,9H2,1H3,(H,17,18). The van der Waals surface area contributed by atoms with Gasteiger partial charge in [-0.2, -0.15) is 0 Å². The van der Waals surface area contributed by atoms with Crippen LogP contribution in [0.2, 0.25) is 0 Å². The van der Waals surface area contributed by atoms with E-state index in [1.807, 2.05) is 0 Å². The highest BCUT2D eigenvalue weighted by atomic mass is 35.7. The van der Waals surface area contributed by atoms with Gasteiger partial charge in [0.1, 0.15) is 5.82 Å². The molecule has 0 bridgehead atoms. The van der Waals surface area contributed by atoms with E-state index < -0.39 is 20.8 Å². The zero-order valence-corrected chi connectivity index (χ0v) is 13.2. The quantitative estimate of drug-likeness (QED) is 0.861. The summed E-state index contributed by atoms with van der Waals surface area (Å²) in [6, 6.07) is 3.02. The maximum absolute atomic E-state index is 13.8. The zero-order valence-electron chi connectivity index (χ0n) is 11.7. The highest BCUT2D eigenvalue weighted by molar-refractivity contribution is 8.13. The molecule has 7 heteroatoms. The van der Waals surface area contributed by atoms with Crippen LogP contribution >= 0.6 is 10.7 Å². The Morgan fingerprint density at radius 3 is 2.52 bits per heavy atom. The Kier molecular flexibility index (Phi) is 4.58. The van der Waals surface area contributed by atoms with Crippen molar-refractivity contribution in [2.45, 2.75) is 37.5 Å². The number of carbonyl (C=O) groups excluding carboxylic acids is 1. The first-order valence-electron chi connectivity index (χ1n) is 6.74. The van der Waals surface area contributed by atoms with Gasteiger partial charge in [0.2, 0.25) is 0 Å². The summed E-state index contributed by atoms with van der Waals surface area (Å²) in [6.45, 7) is 2.58. The van der Waals surface area contributed by atoms with Gasteiger partial charge in [0.15, 0.2) is 0 Å². The maximum atomic E-state index is 13.8. The average Bonchev–Trinajstić information content (AvgIpc) is 2.82. The number of nitrogens with one attached hydrogen (secondary N) is 1. The van der Waals surface area contributed by atoms with Crippen molar-refractivity contribution >= 4 is 25.6 Å². The molecule has 1 aliphatic rings. The van der Waals surface area contributed by atoms with Crippen molar-refractivity contribution in [3.63, 3.8) is 0 Å². The molecule has 116 valence electrons. The lowest BCUT2D eigenvalue weighted by Crippen LogP contribution is -2.34. The van der Waals surface area contributed by atoms with Gasteiger partial charge in [-0.1, -0.05) is 19.8 Å². The smallest absolute Gasteiger partial charge is 0.261 e. The zero-order chi connectivity index (χ0) is 15.7. The van der Waals surface area contributed by atoms with E-state index in [9.17, 15) is 17.6 Å². The molecule has 0 aromatic heterocycles. The first kappa shape index (κ1) is 16.2. The second kappa shape index (κ2) is 5.93. The third-order valence-electron chi connectivity index (χ3n) is 3.95. The fourth-order valence-electron chi connectivity index (χ4n) is 2.63. The molecule has 1 fully saturated rings. The van der Waals surface area contributed by atoms with Gasteiger partial charge in [-0.05, 0) is 36.5 Å². The van der Waals surface area contributed by atoms with Gasteiger partial charge in [0.05, 0.1) is 10.5 Å². The minimum atomic E-state index is -4.00. The second-order valence-corrected chi connectivity index (χ2v) is 8.35. The summed E-state index contributed by atoms with van der Waals surface area (Å²) in [5.74, 6) is -1.44. The summed E-state index contributed by atoms with van der Waals surface area (Å²) < 4.78 is 36.1. The Bertz CT molecular complexity index is 654. The van der Waals surface area contributed by atoms with Crippen LogP contribution in [-0.2, 0) is 9.05 Å². The molecule has 0 heterocycles. The van der Waals surface area contributed by atoms with Gasteiger partial charge in [0.25, 0.3) is 15.0 Å². The van der Waals surface area contributed by atoms with Crippen molar-refractivity contribution in [2.75, 3.05) is 6.54 Å². The van der Waals surface area contributed by atoms with Gasteiger partial charge in [-0.25, -0.2) is 12.8 Å². The first-order chi connectivity index (χ1) is 9.71. The Labute approximate surface area is 128 Å². The Morgan fingerprint density at radius 1 is 1.38 bits per heavy atom. The minimum Gasteiger partial charge on any atom is -0.351 e. The topological polar surface area (TPSA) is 63.2 Å². The van der Waals surface area contributed by atoms with Crippen LogP contribution < -0.4 is 5.32 Å². The van der Waals surface area contributed by atoms with Crippen LogP contribution in [0.4, 0.5) is 4.39 Å². The van der Waals surface area contributed by atoms with Crippen LogP contribution in [0.25, 0.3) is 0 Å². The number of benzene rings is 1. The van der Waals surface area contributed by atoms with Crippen LogP contribution in [0.15, 0.2) is 23.1 Å². The van der Waals surface area contributed by atoms with Gasteiger partial charge in [0, 0.05) is 17.2 Å². The van der Waals surface area contributed by atoms with E-state index in [4.69, 9.17) is 10.7 Å². The normalized spacial score (nSPS) is 17.7. The van der Waals surface area contributed by atoms with E-state index in [2.05, 4.69) is 12.2 Å². The SMILES string of the molecule is CC1(CNC(=O)c2ccc(S(=O)(=O)Cl)cc2F)CCCC1. The molecular formula is C14H17ClFNO3S. The molecule has 1 N–H and O–H groups in total. The van der Waals surface area contributed by atoms with Crippen LogP contribution in [-0.4, -0.2) is 20.9 Å². The molecule has 2 rings (SSSR count). The fourth-order valence-corrected chi connectivity index (χ4v) is 3.39. The van der Waals surface area contributed by atoms with Crippen molar-refractivity contribution in [3.8, 4) is 0 Å². The lowest BCUT2D eigenvalue weighted by atomic mass is 9.89. The predicted molar refractivity (Wildman–Crippen MR) is 78.3 cm³/mol. The van der Waals surface area contributed by atoms with Crippen molar-refractivity contribution in [1.82, 2.24) is 5.32 Å². The van der Waals surface area contributed by atoms with Crippen molar-refractivity contribution in [1.29, 1.82) is 0 Å². The van der Waals surface area contributed by atoms with E-state index in [1.165, 1.54) is 0 Å². The molecule has 1 aromatic rings. The number of halogens is 2. The maximum Gasteiger partial charge on any atom is 0.261 e. The molecule has 1 saturated carbocycles. The number of hydrogen-bond acceptors (Lipinski definition) is 3. The monoisotopic (exact) mass is 333 g/mol. The Morgan fingerprint density at radius 2 is 2.00 bits per heavy atom. The van der Waals surface area contributed by atoms with Crippen LogP contribution in [0, 0.1) is 11.2 Å². The Balaban J connectivity index is 2.09. The summed E-state index contributed by atoms with van der Waals surface area (Å²) in [6.07, 6.45) is 4.37. The van der Waals surface area contributed by atoms with Crippen molar-refractivity contribution < 1.29 is 17.6 Å². The second-order valence-electron chi connectivity index (χ2n) is 5.78. The van der Waals surface area contributed by atoms with E-state index in [0.717, 1.165) is 43.9 Å². The fraction of sp³-hybridized carbons (Fsp3) is 0.500. The van der Waals surface area contributed by atoms with Gasteiger partial charge in [-0.15, -0.1) is 0 Å². The molecule has 1 amide bonds. The molecule has 1 aliphatic carbocycles. The molecule has 21 heavy (non-hydrogen) atoms. The number of amides is 1. The molecule has 0 unspecified atom stereocenters. The third kappa shape index (κ3) is 3.95. The summed E-state index contributed by atoms with van der Waals surface area (Å²) in [7, 11) is 1.13. The van der Waals surface area contributed by atoms with E-state index >= 15 is 0 Å². The van der Waals surface area contributed by atoms with Crippen molar-refractivity contribution in [3.05, 3.63) is 29.6 Å². The molecule has 0 radical (unpaired) electrons. The summed E-state index contributed by atoms with van der Waals surface area (Å²) in [5.41, 5.74) is -0.119. The summed E-state index contributed by atoms with van der Waals surface area (Å²) in [4.78, 5) is 11.6. The molecule has 0 atom stereocenters. The number of hydrogen-bond donors (Lipinski definition) is 1. The predicted octanol–water partition coefficient (Wildman–Crippen LogP) is 3.06. The molecule has 1 aromatic carbocycles. The average molecular weight is 334 g/mol. The third-order valence-corrected chi connectivity index (χ3v) is 5.30. The summed E-state index contributed by atoms with van der Waals surface area (Å²) >= 11 is 0. The van der Waals surface area contributed by atoms with Crippen molar-refractivity contribution in [2.24, 2.45) is 5.41 Å². The van der Waals surface area contributed by atoms with E-state index in [1.54, 1.807) is 0 Å². The summed E-state index contributed by atoms with van der Waals surface area (Å²) in [5, 5.41) is 2.72. The van der Waals surface area contributed by atoms with Gasteiger partial charge < -0.3 is 5.32 Å². The van der Waals surface area contributed by atoms with Gasteiger partial charge >= 0.3 is 0 Å². The highest BCUT2D eigenvalue weighted by Gasteiger charge is 2.29. The van der Waals surface area contributed by atoms with Crippen LogP contribution in [0.3, 0.4) is 0 Å². The molecule has 0 spiro atoms. The Hall–Kier alpha value is -1.14. The largest absolute Gasteiger partial charge is 0.351 e. The number of rotatable bonds is 4. The lowest BCUT2D eigenvalue weighted by molar-refractivity contribution is 0.0930. The number of carbonyl (C=O) groups is 1. The molecule has 0 saturated heterocycles. The van der Waals surface area contributed by atoms with Gasteiger partial charge in [-0.3, -0.25) is 4.79 Å². The molecular weight excluding hydrogens is 317 g/mol. The molecule has 0 aliphatic heterocycles. The van der Waals surface area contributed by atoms with Crippen LogP contribution in [0.5, 0.6) is 0 Å². The lowest BCUT2D eigenvalue weighted by Gasteiger charge is -2.23. The van der Waals surface area contributed by atoms with E-state index in [-0.39, 0.29) is 15.9 Å². The highest BCUT2D eigenvalue weighted by Crippen LogP contribution is 2.36. The van der Waals surface area contributed by atoms with E-state index in [0.29, 0.717) is 6.54 Å². The van der Waals surface area contributed by atoms with Crippen LogP contribution in [0.1, 0.15) is 43.0 Å². The first-order valence-corrected chi connectivity index (χ1v) is 9.05. The minimum absolute atomic E-state index is 0.0611.